The Bertz CT molecular complexity index is 1480. The first-order valence-corrected chi connectivity index (χ1v) is 13.1. The van der Waals surface area contributed by atoms with Crippen molar-refractivity contribution in [3.05, 3.63) is 124 Å². The number of allylic oxidation sites excluding steroid dienone is 4. The maximum atomic E-state index is 13.6. The lowest BCUT2D eigenvalue weighted by atomic mass is 9.73. The predicted molar refractivity (Wildman–Crippen MR) is 153 cm³/mol. The van der Waals surface area contributed by atoms with Crippen LogP contribution >= 0.6 is 0 Å². The maximum absolute atomic E-state index is 13.6. The van der Waals surface area contributed by atoms with Crippen LogP contribution in [0.3, 0.4) is 0 Å². The van der Waals surface area contributed by atoms with Crippen LogP contribution < -0.4 is 20.5 Å². The van der Waals surface area contributed by atoms with Gasteiger partial charge in [-0.1, -0.05) is 74.0 Å². The quantitative estimate of drug-likeness (QED) is 0.456. The number of benzene rings is 3. The predicted octanol–water partition coefficient (Wildman–Crippen LogP) is 6.05. The van der Waals surface area contributed by atoms with Crippen LogP contribution in [0.5, 0.6) is 5.75 Å². The third-order valence-electron chi connectivity index (χ3n) is 7.49. The number of hydrogen-bond acceptors (Lipinski definition) is 3. The van der Waals surface area contributed by atoms with Gasteiger partial charge in [-0.25, -0.2) is 0 Å². The topological polar surface area (TPSA) is 38.3 Å². The molecule has 1 aliphatic heterocycles. The molecule has 0 bridgehead atoms. The van der Waals surface area contributed by atoms with E-state index >= 15 is 0 Å². The third-order valence-corrected chi connectivity index (χ3v) is 7.49. The fourth-order valence-electron chi connectivity index (χ4n) is 5.54. The largest absolute Gasteiger partial charge is 0.497 e. The average molecular weight is 488 g/mol. The highest BCUT2D eigenvalue weighted by Crippen LogP contribution is 2.35. The number of rotatable bonds is 4. The number of carbonyl (C=O) groups is 1. The molecular formula is C34H33NO2. The van der Waals surface area contributed by atoms with E-state index < -0.39 is 0 Å². The molecule has 0 saturated carbocycles. The van der Waals surface area contributed by atoms with E-state index in [4.69, 9.17) is 4.74 Å². The van der Waals surface area contributed by atoms with Gasteiger partial charge in [-0.2, -0.15) is 0 Å². The summed E-state index contributed by atoms with van der Waals surface area (Å²) in [5.41, 5.74) is 5.93. The highest BCUT2D eigenvalue weighted by molar-refractivity contribution is 6.01. The first-order valence-electron chi connectivity index (χ1n) is 13.1. The van der Waals surface area contributed by atoms with E-state index in [0.717, 1.165) is 30.6 Å². The molecule has 2 aliphatic carbocycles. The van der Waals surface area contributed by atoms with Gasteiger partial charge >= 0.3 is 0 Å². The molecule has 1 heterocycles. The second-order valence-electron chi connectivity index (χ2n) is 9.54. The Labute approximate surface area is 219 Å². The monoisotopic (exact) mass is 487 g/mol. The molecule has 3 nitrogen and oxygen atoms in total. The number of methoxy groups -OCH3 is 1. The molecule has 6 rings (SSSR count). The van der Waals surface area contributed by atoms with Crippen molar-refractivity contribution >= 4 is 17.9 Å². The van der Waals surface area contributed by atoms with Crippen LogP contribution in [-0.4, -0.2) is 12.9 Å². The molecule has 0 radical (unpaired) electrons. The number of hydrogen-bond donors (Lipinski definition) is 1. The molecule has 0 aromatic heterocycles. The van der Waals surface area contributed by atoms with Crippen LogP contribution in [0.15, 0.2) is 97.4 Å². The number of fused-ring (bicyclic) bond motifs is 5. The Morgan fingerprint density at radius 1 is 0.865 bits per heavy atom. The van der Waals surface area contributed by atoms with Gasteiger partial charge in [0.25, 0.3) is 0 Å². The summed E-state index contributed by atoms with van der Waals surface area (Å²) in [7, 11) is 1.65. The van der Waals surface area contributed by atoms with Crippen molar-refractivity contribution in [1.82, 2.24) is 5.32 Å². The SMILES string of the molecule is C1=CC=CNC=C1.CCC1CC=c2c(ccc3c2=CCc2ccccc2-3)C1C(=O)c1ccc(OC)cc1. The van der Waals surface area contributed by atoms with Crippen LogP contribution in [0.25, 0.3) is 23.3 Å². The van der Waals surface area contributed by atoms with Crippen molar-refractivity contribution in [1.29, 1.82) is 0 Å². The summed E-state index contributed by atoms with van der Waals surface area (Å²) in [6, 6.07) is 20.6. The first kappa shape index (κ1) is 24.6. The Balaban J connectivity index is 0.000000348. The summed E-state index contributed by atoms with van der Waals surface area (Å²) in [5, 5.41) is 5.49. The van der Waals surface area contributed by atoms with Crippen LogP contribution in [0.1, 0.15) is 47.2 Å². The molecule has 3 heteroatoms. The zero-order valence-corrected chi connectivity index (χ0v) is 21.5. The van der Waals surface area contributed by atoms with Gasteiger partial charge in [0.2, 0.25) is 0 Å². The van der Waals surface area contributed by atoms with Crippen molar-refractivity contribution in [3.63, 3.8) is 0 Å². The van der Waals surface area contributed by atoms with E-state index in [1.165, 1.54) is 32.7 Å². The van der Waals surface area contributed by atoms with E-state index in [0.29, 0.717) is 5.92 Å². The van der Waals surface area contributed by atoms with Crippen molar-refractivity contribution in [2.45, 2.75) is 32.1 Å². The molecule has 0 fully saturated rings. The summed E-state index contributed by atoms with van der Waals surface area (Å²) in [6.45, 7) is 2.19. The molecule has 3 aromatic rings. The third kappa shape index (κ3) is 5.08. The zero-order valence-electron chi connectivity index (χ0n) is 21.5. The Morgan fingerprint density at radius 2 is 1.62 bits per heavy atom. The van der Waals surface area contributed by atoms with Gasteiger partial charge in [0.15, 0.2) is 5.78 Å². The average Bonchev–Trinajstić information content (AvgIpc) is 3.29. The van der Waals surface area contributed by atoms with Gasteiger partial charge in [-0.05, 0) is 87.9 Å². The Hall–Kier alpha value is -4.11. The lowest BCUT2D eigenvalue weighted by Crippen LogP contribution is -2.39. The summed E-state index contributed by atoms with van der Waals surface area (Å²) in [6.07, 6.45) is 19.2. The molecule has 3 aliphatic rings. The summed E-state index contributed by atoms with van der Waals surface area (Å²) in [5.74, 6) is 1.23. The highest BCUT2D eigenvalue weighted by Gasteiger charge is 2.32. The van der Waals surface area contributed by atoms with Crippen molar-refractivity contribution in [2.75, 3.05) is 7.11 Å². The molecule has 3 aromatic carbocycles. The molecule has 1 N–H and O–H groups in total. The van der Waals surface area contributed by atoms with Gasteiger partial charge in [0.05, 0.1) is 13.0 Å². The second kappa shape index (κ2) is 11.3. The minimum atomic E-state index is -0.0979. The normalized spacial score (nSPS) is 18.3. The van der Waals surface area contributed by atoms with Crippen molar-refractivity contribution in [3.8, 4) is 16.9 Å². The van der Waals surface area contributed by atoms with E-state index in [9.17, 15) is 4.79 Å². The zero-order chi connectivity index (χ0) is 25.6. The van der Waals surface area contributed by atoms with Gasteiger partial charge in [0.1, 0.15) is 5.75 Å². The minimum Gasteiger partial charge on any atom is -0.497 e. The fraction of sp³-hybridized carbons (Fsp3) is 0.206. The maximum Gasteiger partial charge on any atom is 0.170 e. The van der Waals surface area contributed by atoms with Crippen LogP contribution in [0.4, 0.5) is 0 Å². The Morgan fingerprint density at radius 3 is 2.35 bits per heavy atom. The minimum absolute atomic E-state index is 0.0979. The molecular weight excluding hydrogens is 454 g/mol. The molecule has 2 unspecified atom stereocenters. The summed E-state index contributed by atoms with van der Waals surface area (Å²) < 4.78 is 5.26. The first-order chi connectivity index (χ1) is 18.2. The number of ketones is 1. The molecule has 0 amide bonds. The van der Waals surface area contributed by atoms with Crippen LogP contribution in [0, 0.1) is 5.92 Å². The highest BCUT2D eigenvalue weighted by atomic mass is 16.5. The second-order valence-corrected chi connectivity index (χ2v) is 9.54. The molecule has 186 valence electrons. The van der Waals surface area contributed by atoms with Crippen LogP contribution in [0.2, 0.25) is 0 Å². The van der Waals surface area contributed by atoms with Gasteiger partial charge in [-0.3, -0.25) is 4.79 Å². The molecule has 0 spiro atoms. The van der Waals surface area contributed by atoms with Crippen LogP contribution in [-0.2, 0) is 6.42 Å². The van der Waals surface area contributed by atoms with Crippen molar-refractivity contribution < 1.29 is 9.53 Å². The molecule has 0 saturated heterocycles. The van der Waals surface area contributed by atoms with Gasteiger partial charge < -0.3 is 10.1 Å². The summed E-state index contributed by atoms with van der Waals surface area (Å²) >= 11 is 0. The number of carbonyl (C=O) groups excluding carboxylic acids is 1. The van der Waals surface area contributed by atoms with Gasteiger partial charge in [-0.15, -0.1) is 0 Å². The number of Topliss-reactive ketones (excluding diaryl/α,β-unsaturated/α-hetero) is 1. The van der Waals surface area contributed by atoms with E-state index in [1.807, 2.05) is 61.0 Å². The lowest BCUT2D eigenvalue weighted by Gasteiger charge is -2.30. The van der Waals surface area contributed by atoms with E-state index in [2.05, 4.69) is 60.8 Å². The van der Waals surface area contributed by atoms with Crippen molar-refractivity contribution in [2.24, 2.45) is 5.92 Å². The Kier molecular flexibility index (Phi) is 7.51. The number of nitrogens with one attached hydrogen (secondary N) is 1. The standard InChI is InChI=1S/C28H26O2.C6H7N/c1-3-18-10-14-25-24-15-11-19-6-4-5-7-22(19)23(24)16-17-26(25)27(18)28(29)20-8-12-21(30-2)13-9-20;1-2-4-6-7-5-3-1/h4-9,12-18,27H,3,10-11H2,1-2H3;1-7H. The number of ether oxygens (including phenoxy) is 1. The molecule has 2 atom stereocenters. The molecule has 37 heavy (non-hydrogen) atoms. The summed E-state index contributed by atoms with van der Waals surface area (Å²) in [4.78, 5) is 13.6. The van der Waals surface area contributed by atoms with E-state index in [1.54, 1.807) is 7.11 Å². The fourth-order valence-corrected chi connectivity index (χ4v) is 5.54. The van der Waals surface area contributed by atoms with Gasteiger partial charge in [0, 0.05) is 18.0 Å². The smallest absolute Gasteiger partial charge is 0.170 e. The van der Waals surface area contributed by atoms with E-state index in [-0.39, 0.29) is 11.7 Å². The lowest BCUT2D eigenvalue weighted by molar-refractivity contribution is 0.0926.